The molecular weight excluding hydrogens is 396 g/mol. The van der Waals surface area contributed by atoms with E-state index in [4.69, 9.17) is 5.11 Å². The molecule has 0 unspecified atom stereocenters. The first-order valence-corrected chi connectivity index (χ1v) is 11.9. The van der Waals surface area contributed by atoms with Crippen LogP contribution in [0.3, 0.4) is 0 Å². The Morgan fingerprint density at radius 2 is 1.22 bits per heavy atom. The lowest BCUT2D eigenvalue weighted by atomic mass is 10.00. The van der Waals surface area contributed by atoms with Crippen LogP contribution in [-0.4, -0.2) is 21.0 Å². The molecule has 0 bridgehead atoms. The average molecular weight is 431 g/mol. The second-order valence-corrected chi connectivity index (χ2v) is 8.45. The van der Waals surface area contributed by atoms with Gasteiger partial charge in [0.25, 0.3) is 0 Å². The van der Waals surface area contributed by atoms with Gasteiger partial charge < -0.3 is 5.11 Å². The highest BCUT2D eigenvalue weighted by Crippen LogP contribution is 2.24. The highest BCUT2D eigenvalue weighted by molar-refractivity contribution is 5.68. The van der Waals surface area contributed by atoms with E-state index in [2.05, 4.69) is 65.4 Å². The SMILES string of the molecule is CCCCCc1cnc(-c2ccc(-c3ccc(CCCCCCC(=O)O)cc3)cc2)nc1. The zero-order valence-corrected chi connectivity index (χ0v) is 19.1. The van der Waals surface area contributed by atoms with Crippen LogP contribution in [0.1, 0.15) is 69.4 Å². The van der Waals surface area contributed by atoms with Gasteiger partial charge in [-0.2, -0.15) is 0 Å². The van der Waals surface area contributed by atoms with E-state index in [1.54, 1.807) is 0 Å². The lowest BCUT2D eigenvalue weighted by Gasteiger charge is -2.07. The molecule has 3 aromatic rings. The molecule has 1 N–H and O–H groups in total. The Hall–Kier alpha value is -3.01. The zero-order chi connectivity index (χ0) is 22.6. The number of nitrogens with zero attached hydrogens (tertiary/aromatic N) is 2. The minimum Gasteiger partial charge on any atom is -0.481 e. The van der Waals surface area contributed by atoms with E-state index < -0.39 is 5.97 Å². The number of hydrogen-bond acceptors (Lipinski definition) is 3. The zero-order valence-electron chi connectivity index (χ0n) is 19.1. The standard InChI is InChI=1S/C28H34N2O2/c1-2-3-6-10-23-20-29-28(30-21-23)26-18-16-25(17-19-26)24-14-12-22(13-15-24)9-7-4-5-8-11-27(31)32/h12-21H,2-11H2,1H3,(H,31,32). The number of aryl methyl sites for hydroxylation is 2. The number of unbranched alkanes of at least 4 members (excludes halogenated alkanes) is 5. The van der Waals surface area contributed by atoms with E-state index in [1.165, 1.54) is 41.5 Å². The third-order valence-electron chi connectivity index (χ3n) is 5.81. The number of aromatic nitrogens is 2. The van der Waals surface area contributed by atoms with Crippen molar-refractivity contribution in [2.75, 3.05) is 0 Å². The van der Waals surface area contributed by atoms with Crippen molar-refractivity contribution < 1.29 is 9.90 Å². The van der Waals surface area contributed by atoms with Crippen LogP contribution in [0.2, 0.25) is 0 Å². The van der Waals surface area contributed by atoms with Gasteiger partial charge in [0.05, 0.1) is 0 Å². The van der Waals surface area contributed by atoms with E-state index in [1.807, 2.05) is 12.4 Å². The molecule has 1 heterocycles. The fourth-order valence-electron chi connectivity index (χ4n) is 3.85. The number of carboxylic acids is 1. The molecule has 3 rings (SSSR count). The number of carbonyl (C=O) groups is 1. The molecule has 0 saturated heterocycles. The monoisotopic (exact) mass is 430 g/mol. The highest BCUT2D eigenvalue weighted by Gasteiger charge is 2.04. The highest BCUT2D eigenvalue weighted by atomic mass is 16.4. The molecule has 0 fully saturated rings. The summed E-state index contributed by atoms with van der Waals surface area (Å²) in [5.74, 6) is 0.0753. The van der Waals surface area contributed by atoms with Crippen LogP contribution in [-0.2, 0) is 17.6 Å². The molecule has 2 aromatic carbocycles. The first-order valence-electron chi connectivity index (χ1n) is 11.9. The number of rotatable bonds is 13. The number of carboxylic acid groups (broad SMARTS) is 1. The van der Waals surface area contributed by atoms with E-state index in [0.717, 1.165) is 49.9 Å². The minimum atomic E-state index is -0.697. The second kappa shape index (κ2) is 12.7. The lowest BCUT2D eigenvalue weighted by molar-refractivity contribution is -0.137. The average Bonchev–Trinajstić information content (AvgIpc) is 2.82. The van der Waals surface area contributed by atoms with Crippen molar-refractivity contribution in [1.29, 1.82) is 0 Å². The topological polar surface area (TPSA) is 63.1 Å². The number of hydrogen-bond donors (Lipinski definition) is 1. The van der Waals surface area contributed by atoms with Crippen molar-refractivity contribution in [2.24, 2.45) is 0 Å². The molecule has 0 amide bonds. The Balaban J connectivity index is 1.50. The van der Waals surface area contributed by atoms with E-state index >= 15 is 0 Å². The first kappa shape index (κ1) is 23.6. The molecule has 0 radical (unpaired) electrons. The van der Waals surface area contributed by atoms with Crippen molar-refractivity contribution in [2.45, 2.75) is 71.1 Å². The Kier molecular flexibility index (Phi) is 9.42. The van der Waals surface area contributed by atoms with E-state index in [-0.39, 0.29) is 6.42 Å². The van der Waals surface area contributed by atoms with Crippen molar-refractivity contribution in [1.82, 2.24) is 9.97 Å². The van der Waals surface area contributed by atoms with Gasteiger partial charge in [0.1, 0.15) is 0 Å². The molecule has 0 spiro atoms. The quantitative estimate of drug-likeness (QED) is 0.293. The molecule has 1 aromatic heterocycles. The van der Waals surface area contributed by atoms with Crippen molar-refractivity contribution >= 4 is 5.97 Å². The van der Waals surface area contributed by atoms with Crippen LogP contribution in [0, 0.1) is 0 Å². The first-order chi connectivity index (χ1) is 15.7. The van der Waals surface area contributed by atoms with Gasteiger partial charge in [0.2, 0.25) is 0 Å². The fourth-order valence-corrected chi connectivity index (χ4v) is 3.85. The Bertz CT molecular complexity index is 948. The molecule has 4 heteroatoms. The van der Waals surface area contributed by atoms with Crippen molar-refractivity contribution in [3.63, 3.8) is 0 Å². The third-order valence-corrected chi connectivity index (χ3v) is 5.81. The van der Waals surface area contributed by atoms with Crippen molar-refractivity contribution in [3.05, 3.63) is 72.1 Å². The van der Waals surface area contributed by atoms with E-state index in [0.29, 0.717) is 0 Å². The van der Waals surface area contributed by atoms with Gasteiger partial charge in [-0.05, 0) is 54.4 Å². The molecule has 4 nitrogen and oxygen atoms in total. The van der Waals surface area contributed by atoms with Crippen LogP contribution in [0.15, 0.2) is 60.9 Å². The smallest absolute Gasteiger partial charge is 0.303 e. The lowest BCUT2D eigenvalue weighted by Crippen LogP contribution is -1.94. The maximum absolute atomic E-state index is 10.5. The molecule has 0 aliphatic heterocycles. The molecule has 168 valence electrons. The van der Waals surface area contributed by atoms with Gasteiger partial charge in [0, 0.05) is 24.4 Å². The molecule has 0 aliphatic carbocycles. The second-order valence-electron chi connectivity index (χ2n) is 8.45. The summed E-state index contributed by atoms with van der Waals surface area (Å²) in [5, 5.41) is 8.68. The van der Waals surface area contributed by atoms with Gasteiger partial charge in [-0.3, -0.25) is 4.79 Å². The van der Waals surface area contributed by atoms with Crippen LogP contribution in [0.5, 0.6) is 0 Å². The normalized spacial score (nSPS) is 10.9. The van der Waals surface area contributed by atoms with Crippen LogP contribution in [0.25, 0.3) is 22.5 Å². The van der Waals surface area contributed by atoms with Gasteiger partial charge >= 0.3 is 5.97 Å². The maximum atomic E-state index is 10.5. The molecule has 32 heavy (non-hydrogen) atoms. The van der Waals surface area contributed by atoms with E-state index in [9.17, 15) is 4.79 Å². The van der Waals surface area contributed by atoms with Gasteiger partial charge in [0.15, 0.2) is 5.82 Å². The fraction of sp³-hybridized carbons (Fsp3) is 0.393. The molecule has 0 saturated carbocycles. The predicted molar refractivity (Wildman–Crippen MR) is 131 cm³/mol. The Morgan fingerprint density at radius 1 is 0.688 bits per heavy atom. The van der Waals surface area contributed by atoms with Crippen LogP contribution >= 0.6 is 0 Å². The summed E-state index contributed by atoms with van der Waals surface area (Å²) in [6, 6.07) is 17.2. The van der Waals surface area contributed by atoms with Gasteiger partial charge in [-0.1, -0.05) is 81.1 Å². The number of aliphatic carboxylic acids is 1. The van der Waals surface area contributed by atoms with Gasteiger partial charge in [-0.15, -0.1) is 0 Å². The summed E-state index contributed by atoms with van der Waals surface area (Å²) in [6.07, 6.45) is 13.9. The summed E-state index contributed by atoms with van der Waals surface area (Å²) in [4.78, 5) is 19.7. The largest absolute Gasteiger partial charge is 0.481 e. The Labute approximate surface area is 191 Å². The maximum Gasteiger partial charge on any atom is 0.303 e. The summed E-state index contributed by atoms with van der Waals surface area (Å²) in [7, 11) is 0. The summed E-state index contributed by atoms with van der Waals surface area (Å²) < 4.78 is 0. The summed E-state index contributed by atoms with van der Waals surface area (Å²) in [6.45, 7) is 2.22. The molecular formula is C28H34N2O2. The predicted octanol–water partition coefficient (Wildman–Crippen LogP) is 7.12. The van der Waals surface area contributed by atoms with Crippen LogP contribution < -0.4 is 0 Å². The summed E-state index contributed by atoms with van der Waals surface area (Å²) in [5.41, 5.74) is 5.96. The minimum absolute atomic E-state index is 0.282. The van der Waals surface area contributed by atoms with Gasteiger partial charge in [-0.25, -0.2) is 9.97 Å². The Morgan fingerprint density at radius 3 is 1.84 bits per heavy atom. The van der Waals surface area contributed by atoms with Crippen molar-refractivity contribution in [3.8, 4) is 22.5 Å². The van der Waals surface area contributed by atoms with Crippen LogP contribution in [0.4, 0.5) is 0 Å². The summed E-state index contributed by atoms with van der Waals surface area (Å²) >= 11 is 0. The number of benzene rings is 2. The molecule has 0 aliphatic rings. The molecule has 0 atom stereocenters. The third kappa shape index (κ3) is 7.60.